The minimum Gasteiger partial charge on any atom is -0.497 e. The molecule has 0 N–H and O–H groups in total. The summed E-state index contributed by atoms with van der Waals surface area (Å²) in [5.41, 5.74) is 0. The Morgan fingerprint density at radius 1 is 1.38 bits per heavy atom. The summed E-state index contributed by atoms with van der Waals surface area (Å²) in [4.78, 5) is 15.8. The molecule has 0 radical (unpaired) electrons. The van der Waals surface area contributed by atoms with Crippen LogP contribution in [0, 0.1) is 5.92 Å². The van der Waals surface area contributed by atoms with Gasteiger partial charge >= 0.3 is 0 Å². The molecule has 1 fully saturated rings. The highest BCUT2D eigenvalue weighted by Gasteiger charge is 2.28. The van der Waals surface area contributed by atoms with Crippen LogP contribution in [0.1, 0.15) is 33.1 Å². The minimum absolute atomic E-state index is 0.0382. The number of ether oxygens (including phenoxy) is 1. The highest BCUT2D eigenvalue weighted by atomic mass is 32.2. The first-order chi connectivity index (χ1) is 10.1. The van der Waals surface area contributed by atoms with E-state index in [0.29, 0.717) is 0 Å². The van der Waals surface area contributed by atoms with E-state index in [9.17, 15) is 4.79 Å². The fourth-order valence-corrected chi connectivity index (χ4v) is 3.29. The van der Waals surface area contributed by atoms with E-state index in [2.05, 4.69) is 11.8 Å². The van der Waals surface area contributed by atoms with Gasteiger partial charge in [-0.15, -0.1) is 11.8 Å². The zero-order chi connectivity index (χ0) is 15.2. The van der Waals surface area contributed by atoms with Gasteiger partial charge in [0, 0.05) is 18.0 Å². The van der Waals surface area contributed by atoms with Crippen molar-refractivity contribution in [1.29, 1.82) is 0 Å². The Morgan fingerprint density at radius 3 is 2.57 bits per heavy atom. The topological polar surface area (TPSA) is 29.5 Å². The average Bonchev–Trinajstić information content (AvgIpc) is 3.31. The van der Waals surface area contributed by atoms with Gasteiger partial charge < -0.3 is 9.64 Å². The van der Waals surface area contributed by atoms with Crippen LogP contribution < -0.4 is 4.74 Å². The maximum absolute atomic E-state index is 12.6. The highest BCUT2D eigenvalue weighted by molar-refractivity contribution is 8.00. The number of rotatable bonds is 8. The summed E-state index contributed by atoms with van der Waals surface area (Å²) in [7, 11) is 1.66. The molecule has 0 aliphatic heterocycles. The molecule has 1 unspecified atom stereocenters. The molecule has 0 heterocycles. The number of carbonyl (C=O) groups is 1. The van der Waals surface area contributed by atoms with Gasteiger partial charge in [0.2, 0.25) is 5.91 Å². The first-order valence-corrected chi connectivity index (χ1v) is 8.61. The fraction of sp³-hybridized carbons (Fsp3) is 0.588. The average molecular weight is 307 g/mol. The third kappa shape index (κ3) is 4.95. The second kappa shape index (κ2) is 7.74. The minimum atomic E-state index is -0.0382. The molecule has 1 aliphatic carbocycles. The van der Waals surface area contributed by atoms with Crippen molar-refractivity contribution in [2.75, 3.05) is 20.2 Å². The Bertz CT molecular complexity index is 456. The number of hydrogen-bond acceptors (Lipinski definition) is 3. The second-order valence-electron chi connectivity index (χ2n) is 5.66. The van der Waals surface area contributed by atoms with Crippen molar-refractivity contribution in [2.45, 2.75) is 43.3 Å². The Labute approximate surface area is 132 Å². The Kier molecular flexibility index (Phi) is 5.97. The monoisotopic (exact) mass is 307 g/mol. The van der Waals surface area contributed by atoms with Crippen molar-refractivity contribution in [2.24, 2.45) is 5.92 Å². The Morgan fingerprint density at radius 2 is 2.05 bits per heavy atom. The lowest BCUT2D eigenvalue weighted by Crippen LogP contribution is -2.38. The standard InChI is InChI=1S/C17H25NO2S/c1-4-11-18(12-14-5-6-14)17(19)13(2)21-16-9-7-15(20-3)8-10-16/h7-10,13-14H,4-6,11-12H2,1-3H3. The third-order valence-corrected chi connectivity index (χ3v) is 4.80. The van der Waals surface area contributed by atoms with Crippen molar-refractivity contribution in [1.82, 2.24) is 4.90 Å². The summed E-state index contributed by atoms with van der Waals surface area (Å²) < 4.78 is 5.16. The Hall–Kier alpha value is -1.16. The summed E-state index contributed by atoms with van der Waals surface area (Å²) in [5, 5.41) is -0.0382. The molecule has 116 valence electrons. The molecule has 2 rings (SSSR count). The summed E-state index contributed by atoms with van der Waals surface area (Å²) in [6, 6.07) is 7.90. The van der Waals surface area contributed by atoms with Crippen LogP contribution in [0.3, 0.4) is 0 Å². The molecule has 1 aromatic carbocycles. The SMILES string of the molecule is CCCN(CC1CC1)C(=O)C(C)Sc1ccc(OC)cc1. The first kappa shape index (κ1) is 16.2. The van der Waals surface area contributed by atoms with E-state index in [1.165, 1.54) is 12.8 Å². The molecule has 1 amide bonds. The summed E-state index contributed by atoms with van der Waals surface area (Å²) in [6.07, 6.45) is 3.60. The second-order valence-corrected chi connectivity index (χ2v) is 7.08. The van der Waals surface area contributed by atoms with Gasteiger partial charge in [0.05, 0.1) is 12.4 Å². The van der Waals surface area contributed by atoms with Crippen LogP contribution in [0.5, 0.6) is 5.75 Å². The van der Waals surface area contributed by atoms with Gasteiger partial charge in [0.15, 0.2) is 0 Å². The molecule has 0 saturated heterocycles. The largest absolute Gasteiger partial charge is 0.497 e. The maximum atomic E-state index is 12.6. The van der Waals surface area contributed by atoms with E-state index in [4.69, 9.17) is 4.74 Å². The van der Waals surface area contributed by atoms with Crippen LogP contribution in [0.25, 0.3) is 0 Å². The van der Waals surface area contributed by atoms with E-state index >= 15 is 0 Å². The third-order valence-electron chi connectivity index (χ3n) is 3.70. The molecule has 0 aromatic heterocycles. The lowest BCUT2D eigenvalue weighted by atomic mass is 10.3. The molecule has 1 saturated carbocycles. The van der Waals surface area contributed by atoms with Crippen LogP contribution >= 0.6 is 11.8 Å². The van der Waals surface area contributed by atoms with Crippen molar-refractivity contribution < 1.29 is 9.53 Å². The zero-order valence-corrected chi connectivity index (χ0v) is 14.0. The number of carbonyl (C=O) groups excluding carboxylic acids is 1. The predicted octanol–water partition coefficient (Wildman–Crippen LogP) is 3.82. The molecule has 4 heteroatoms. The van der Waals surface area contributed by atoms with Gasteiger partial charge in [-0.2, -0.15) is 0 Å². The number of methoxy groups -OCH3 is 1. The number of nitrogens with zero attached hydrogens (tertiary/aromatic N) is 1. The van der Waals surface area contributed by atoms with Crippen LogP contribution in [0.4, 0.5) is 0 Å². The van der Waals surface area contributed by atoms with E-state index in [1.807, 2.05) is 31.2 Å². The zero-order valence-electron chi connectivity index (χ0n) is 13.2. The Balaban J connectivity index is 1.92. The molecule has 1 aromatic rings. The molecule has 3 nitrogen and oxygen atoms in total. The quantitative estimate of drug-likeness (QED) is 0.684. The summed E-state index contributed by atoms with van der Waals surface area (Å²) >= 11 is 1.63. The van der Waals surface area contributed by atoms with Crippen LogP contribution in [-0.2, 0) is 4.79 Å². The molecule has 0 bridgehead atoms. The molecule has 21 heavy (non-hydrogen) atoms. The van der Waals surface area contributed by atoms with Gasteiger partial charge in [-0.25, -0.2) is 0 Å². The first-order valence-electron chi connectivity index (χ1n) is 7.73. The number of benzene rings is 1. The number of thioether (sulfide) groups is 1. The number of hydrogen-bond donors (Lipinski definition) is 0. The van der Waals surface area contributed by atoms with E-state index in [0.717, 1.165) is 36.1 Å². The van der Waals surface area contributed by atoms with Gasteiger partial charge in [-0.05, 0) is 56.4 Å². The smallest absolute Gasteiger partial charge is 0.235 e. The van der Waals surface area contributed by atoms with E-state index < -0.39 is 0 Å². The van der Waals surface area contributed by atoms with E-state index in [1.54, 1.807) is 18.9 Å². The molecule has 1 atom stereocenters. The van der Waals surface area contributed by atoms with Crippen molar-refractivity contribution >= 4 is 17.7 Å². The molecule has 1 aliphatic rings. The molecule has 0 spiro atoms. The van der Waals surface area contributed by atoms with Gasteiger partial charge in [-0.3, -0.25) is 4.79 Å². The van der Waals surface area contributed by atoms with Crippen molar-refractivity contribution in [3.05, 3.63) is 24.3 Å². The summed E-state index contributed by atoms with van der Waals surface area (Å²) in [6.45, 7) is 5.96. The van der Waals surface area contributed by atoms with Crippen LogP contribution in [-0.4, -0.2) is 36.3 Å². The van der Waals surface area contributed by atoms with Crippen LogP contribution in [0.2, 0.25) is 0 Å². The normalized spacial score (nSPS) is 15.6. The van der Waals surface area contributed by atoms with Gasteiger partial charge in [0.25, 0.3) is 0 Å². The molecular weight excluding hydrogens is 282 g/mol. The van der Waals surface area contributed by atoms with Gasteiger partial charge in [0.1, 0.15) is 5.75 Å². The lowest BCUT2D eigenvalue weighted by molar-refractivity contribution is -0.130. The lowest BCUT2D eigenvalue weighted by Gasteiger charge is -2.25. The summed E-state index contributed by atoms with van der Waals surface area (Å²) in [5.74, 6) is 1.86. The highest BCUT2D eigenvalue weighted by Crippen LogP contribution is 2.31. The maximum Gasteiger partial charge on any atom is 0.235 e. The molecular formula is C17H25NO2S. The predicted molar refractivity (Wildman–Crippen MR) is 87.9 cm³/mol. The number of amides is 1. The fourth-order valence-electron chi connectivity index (χ4n) is 2.34. The van der Waals surface area contributed by atoms with Gasteiger partial charge in [-0.1, -0.05) is 6.92 Å². The van der Waals surface area contributed by atoms with E-state index in [-0.39, 0.29) is 11.2 Å². The van der Waals surface area contributed by atoms with Crippen molar-refractivity contribution in [3.63, 3.8) is 0 Å². The van der Waals surface area contributed by atoms with Crippen molar-refractivity contribution in [3.8, 4) is 5.75 Å². The van der Waals surface area contributed by atoms with Crippen LogP contribution in [0.15, 0.2) is 29.2 Å².